The van der Waals surface area contributed by atoms with Crippen LogP contribution in [0.5, 0.6) is 0 Å². The lowest BCUT2D eigenvalue weighted by atomic mass is 10.0. The molecule has 1 aromatic heterocycles. The smallest absolute Gasteiger partial charge is 0.319 e. The summed E-state index contributed by atoms with van der Waals surface area (Å²) >= 11 is 0. The van der Waals surface area contributed by atoms with Crippen LogP contribution in [0.1, 0.15) is 36.5 Å². The van der Waals surface area contributed by atoms with Gasteiger partial charge in [0.1, 0.15) is 5.82 Å². The summed E-state index contributed by atoms with van der Waals surface area (Å²) < 4.78 is 26.3. The highest BCUT2D eigenvalue weighted by molar-refractivity contribution is 5.74. The Morgan fingerprint density at radius 3 is 2.74 bits per heavy atom. The quantitative estimate of drug-likeness (QED) is 0.916. The van der Waals surface area contributed by atoms with Gasteiger partial charge in [-0.2, -0.15) is 8.78 Å². The maximum Gasteiger partial charge on any atom is 0.319 e. The molecule has 0 saturated carbocycles. The molecule has 23 heavy (non-hydrogen) atoms. The Kier molecular flexibility index (Phi) is 5.31. The number of carbonyl (C=O) groups is 1. The number of benzene rings is 1. The zero-order valence-corrected chi connectivity index (χ0v) is 13.3. The summed E-state index contributed by atoms with van der Waals surface area (Å²) in [5, 5.41) is 2.86. The molecular weight excluding hydrogens is 302 g/mol. The summed E-state index contributed by atoms with van der Waals surface area (Å²) in [6.45, 7) is 1.19. The third-order valence-corrected chi connectivity index (χ3v) is 3.68. The SMILES string of the molecule is Cc1ccccc1C(C)NC(=O)N(C)Cc1nccn1C(F)F. The lowest BCUT2D eigenvalue weighted by Crippen LogP contribution is -2.38. The molecule has 7 heteroatoms. The van der Waals surface area contributed by atoms with Gasteiger partial charge in [0.25, 0.3) is 0 Å². The molecule has 0 spiro atoms. The van der Waals surface area contributed by atoms with Gasteiger partial charge in [0.2, 0.25) is 0 Å². The van der Waals surface area contributed by atoms with E-state index >= 15 is 0 Å². The van der Waals surface area contributed by atoms with Crippen LogP contribution < -0.4 is 5.32 Å². The number of carbonyl (C=O) groups excluding carboxylic acids is 1. The van der Waals surface area contributed by atoms with Crippen LogP contribution in [0.25, 0.3) is 0 Å². The molecule has 1 N–H and O–H groups in total. The van der Waals surface area contributed by atoms with Gasteiger partial charge in [-0.05, 0) is 25.0 Å². The number of urea groups is 1. The molecule has 1 heterocycles. The first-order valence-corrected chi connectivity index (χ1v) is 7.27. The van der Waals surface area contributed by atoms with Crippen molar-refractivity contribution in [2.75, 3.05) is 7.05 Å². The summed E-state index contributed by atoms with van der Waals surface area (Å²) in [5.41, 5.74) is 2.10. The number of aromatic nitrogens is 2. The van der Waals surface area contributed by atoms with Gasteiger partial charge in [0.15, 0.2) is 0 Å². The van der Waals surface area contributed by atoms with E-state index in [0.29, 0.717) is 0 Å². The predicted octanol–water partition coefficient (Wildman–Crippen LogP) is 3.49. The summed E-state index contributed by atoms with van der Waals surface area (Å²) in [7, 11) is 1.55. The lowest BCUT2D eigenvalue weighted by Gasteiger charge is -2.22. The number of hydrogen-bond donors (Lipinski definition) is 1. The van der Waals surface area contributed by atoms with Gasteiger partial charge in [0, 0.05) is 19.4 Å². The molecule has 1 aromatic carbocycles. The van der Waals surface area contributed by atoms with Crippen LogP contribution in [0.15, 0.2) is 36.7 Å². The second kappa shape index (κ2) is 7.21. The van der Waals surface area contributed by atoms with E-state index in [2.05, 4.69) is 10.3 Å². The molecule has 0 radical (unpaired) electrons. The maximum atomic E-state index is 12.8. The Bertz CT molecular complexity index is 672. The first-order chi connectivity index (χ1) is 10.9. The van der Waals surface area contributed by atoms with Crippen molar-refractivity contribution in [1.82, 2.24) is 19.8 Å². The maximum absolute atomic E-state index is 12.8. The third-order valence-electron chi connectivity index (χ3n) is 3.68. The molecule has 0 aliphatic heterocycles. The molecule has 5 nitrogen and oxygen atoms in total. The van der Waals surface area contributed by atoms with E-state index in [-0.39, 0.29) is 24.4 Å². The van der Waals surface area contributed by atoms with Crippen molar-refractivity contribution >= 4 is 6.03 Å². The summed E-state index contributed by atoms with van der Waals surface area (Å²) in [5.74, 6) is 0.140. The second-order valence-electron chi connectivity index (χ2n) is 5.41. The molecule has 0 aliphatic carbocycles. The van der Waals surface area contributed by atoms with Crippen molar-refractivity contribution in [2.45, 2.75) is 33.0 Å². The van der Waals surface area contributed by atoms with E-state index in [1.165, 1.54) is 17.3 Å². The summed E-state index contributed by atoms with van der Waals surface area (Å²) in [6, 6.07) is 7.24. The summed E-state index contributed by atoms with van der Waals surface area (Å²) in [4.78, 5) is 17.4. The van der Waals surface area contributed by atoms with Gasteiger partial charge < -0.3 is 10.2 Å². The second-order valence-corrected chi connectivity index (χ2v) is 5.41. The van der Waals surface area contributed by atoms with Crippen molar-refractivity contribution in [2.24, 2.45) is 0 Å². The molecule has 2 rings (SSSR count). The Morgan fingerprint density at radius 1 is 1.39 bits per heavy atom. The average molecular weight is 322 g/mol. The topological polar surface area (TPSA) is 50.2 Å². The van der Waals surface area contributed by atoms with Crippen LogP contribution in [-0.2, 0) is 6.54 Å². The fourth-order valence-corrected chi connectivity index (χ4v) is 2.37. The minimum atomic E-state index is -2.67. The van der Waals surface area contributed by atoms with Crippen molar-refractivity contribution < 1.29 is 13.6 Å². The molecule has 1 atom stereocenters. The number of nitrogens with zero attached hydrogens (tertiary/aromatic N) is 3. The highest BCUT2D eigenvalue weighted by Crippen LogP contribution is 2.17. The number of nitrogens with one attached hydrogen (secondary N) is 1. The van der Waals surface area contributed by atoms with Crippen LogP contribution in [0.3, 0.4) is 0 Å². The molecule has 0 aliphatic rings. The predicted molar refractivity (Wildman–Crippen MR) is 83.1 cm³/mol. The third kappa shape index (κ3) is 4.06. The van der Waals surface area contributed by atoms with Crippen LogP contribution in [0.4, 0.5) is 13.6 Å². The lowest BCUT2D eigenvalue weighted by molar-refractivity contribution is 0.0650. The molecule has 0 bridgehead atoms. The molecule has 0 saturated heterocycles. The molecule has 2 amide bonds. The average Bonchev–Trinajstić information content (AvgIpc) is 2.95. The largest absolute Gasteiger partial charge is 0.331 e. The highest BCUT2D eigenvalue weighted by atomic mass is 19.3. The number of rotatable bonds is 5. The standard InChI is InChI=1S/C16H20F2N4O/c1-11-6-4-5-7-13(11)12(2)20-16(23)21(3)10-14-19-8-9-22(14)15(17)18/h4-9,12,15H,10H2,1-3H3,(H,20,23). The zero-order valence-electron chi connectivity index (χ0n) is 13.3. The number of amides is 2. The normalized spacial score (nSPS) is 12.3. The van der Waals surface area contributed by atoms with E-state index in [0.717, 1.165) is 15.7 Å². The van der Waals surface area contributed by atoms with Crippen LogP contribution >= 0.6 is 0 Å². The van der Waals surface area contributed by atoms with E-state index in [9.17, 15) is 13.6 Å². The van der Waals surface area contributed by atoms with Gasteiger partial charge >= 0.3 is 12.6 Å². The van der Waals surface area contributed by atoms with Crippen LogP contribution in [0, 0.1) is 6.92 Å². The highest BCUT2D eigenvalue weighted by Gasteiger charge is 2.18. The minimum absolute atomic E-state index is 0.00364. The van der Waals surface area contributed by atoms with E-state index < -0.39 is 6.55 Å². The van der Waals surface area contributed by atoms with Crippen LogP contribution in [-0.4, -0.2) is 27.5 Å². The number of alkyl halides is 2. The minimum Gasteiger partial charge on any atom is -0.331 e. The first-order valence-electron chi connectivity index (χ1n) is 7.27. The van der Waals surface area contributed by atoms with E-state index in [1.54, 1.807) is 7.05 Å². The first kappa shape index (κ1) is 16.9. The number of imidazole rings is 1. The fourth-order valence-electron chi connectivity index (χ4n) is 2.37. The van der Waals surface area contributed by atoms with Crippen molar-refractivity contribution in [3.05, 3.63) is 53.6 Å². The summed E-state index contributed by atoms with van der Waals surface area (Å²) in [6.07, 6.45) is 2.49. The van der Waals surface area contributed by atoms with Crippen LogP contribution in [0.2, 0.25) is 0 Å². The van der Waals surface area contributed by atoms with Gasteiger partial charge in [-0.3, -0.25) is 4.57 Å². The molecule has 124 valence electrons. The van der Waals surface area contributed by atoms with E-state index in [1.807, 2.05) is 38.1 Å². The van der Waals surface area contributed by atoms with Gasteiger partial charge in [-0.15, -0.1) is 0 Å². The zero-order chi connectivity index (χ0) is 17.0. The Balaban J connectivity index is 2.00. The van der Waals surface area contributed by atoms with Gasteiger partial charge in [0.05, 0.1) is 12.6 Å². The van der Waals surface area contributed by atoms with Gasteiger partial charge in [-0.25, -0.2) is 9.78 Å². The Labute approximate surface area is 133 Å². The molecule has 2 aromatic rings. The van der Waals surface area contributed by atoms with Gasteiger partial charge in [-0.1, -0.05) is 24.3 Å². The van der Waals surface area contributed by atoms with Crippen molar-refractivity contribution in [1.29, 1.82) is 0 Å². The number of hydrogen-bond acceptors (Lipinski definition) is 2. The Hall–Kier alpha value is -2.44. The Morgan fingerprint density at radius 2 is 2.09 bits per heavy atom. The monoisotopic (exact) mass is 322 g/mol. The van der Waals surface area contributed by atoms with Crippen molar-refractivity contribution in [3.63, 3.8) is 0 Å². The fraction of sp³-hybridized carbons (Fsp3) is 0.375. The molecule has 1 unspecified atom stereocenters. The number of aryl methyl sites for hydroxylation is 1. The van der Waals surface area contributed by atoms with Crippen molar-refractivity contribution in [3.8, 4) is 0 Å². The molecule has 0 fully saturated rings. The molecular formula is C16H20F2N4O. The number of halogens is 2. The van der Waals surface area contributed by atoms with E-state index in [4.69, 9.17) is 0 Å².